The minimum atomic E-state index is -3.68. The lowest BCUT2D eigenvalue weighted by Crippen LogP contribution is -2.46. The zero-order chi connectivity index (χ0) is 15.8. The number of sulfonamides is 1. The third kappa shape index (κ3) is 4.29. The molecule has 0 amide bonds. The number of hydrogen-bond acceptors (Lipinski definition) is 4. The summed E-state index contributed by atoms with van der Waals surface area (Å²) in [4.78, 5) is 0. The maximum Gasteiger partial charge on any atom is 0.260 e. The molecule has 1 aromatic heterocycles. The van der Waals surface area contributed by atoms with E-state index in [1.54, 1.807) is 6.92 Å². The first-order chi connectivity index (χ1) is 8.88. The third-order valence-electron chi connectivity index (χ3n) is 2.88. The van der Waals surface area contributed by atoms with Crippen LogP contribution in [0.15, 0.2) is 5.03 Å². The Labute approximate surface area is 121 Å². The largest absolute Gasteiger partial charge is 0.326 e. The third-order valence-corrected chi connectivity index (χ3v) is 4.55. The fraction of sp³-hybridized carbons (Fsp3) is 0.769. The van der Waals surface area contributed by atoms with E-state index in [2.05, 4.69) is 35.7 Å². The number of aryl methyl sites for hydroxylation is 1. The smallest absolute Gasteiger partial charge is 0.260 e. The fourth-order valence-corrected chi connectivity index (χ4v) is 4.29. The van der Waals surface area contributed by atoms with Gasteiger partial charge in [-0.05, 0) is 32.6 Å². The molecular formula is C13H26N4O2S. The number of nitrogens with two attached hydrogens (primary N) is 1. The van der Waals surface area contributed by atoms with Crippen molar-refractivity contribution in [3.8, 4) is 0 Å². The molecular weight excluding hydrogens is 276 g/mol. The van der Waals surface area contributed by atoms with Crippen LogP contribution in [0.4, 0.5) is 0 Å². The lowest BCUT2D eigenvalue weighted by Gasteiger charge is -2.32. The molecule has 0 unspecified atom stereocenters. The van der Waals surface area contributed by atoms with Gasteiger partial charge in [-0.25, -0.2) is 13.1 Å². The van der Waals surface area contributed by atoms with Gasteiger partial charge in [-0.2, -0.15) is 5.10 Å². The van der Waals surface area contributed by atoms with Crippen LogP contribution in [0.25, 0.3) is 0 Å². The van der Waals surface area contributed by atoms with E-state index in [-0.39, 0.29) is 17.0 Å². The van der Waals surface area contributed by atoms with Gasteiger partial charge in [0.05, 0.1) is 0 Å². The van der Waals surface area contributed by atoms with E-state index in [9.17, 15) is 8.42 Å². The molecule has 0 bridgehead atoms. The zero-order valence-electron chi connectivity index (χ0n) is 13.2. The molecule has 4 N–H and O–H groups in total. The Morgan fingerprint density at radius 3 is 2.25 bits per heavy atom. The molecule has 6 nitrogen and oxygen atoms in total. The van der Waals surface area contributed by atoms with Crippen LogP contribution in [0.5, 0.6) is 0 Å². The summed E-state index contributed by atoms with van der Waals surface area (Å²) in [6.07, 6.45) is 0.709. The lowest BCUT2D eigenvalue weighted by molar-refractivity contribution is 0.269. The summed E-state index contributed by atoms with van der Waals surface area (Å²) < 4.78 is 27.7. The van der Waals surface area contributed by atoms with Gasteiger partial charge >= 0.3 is 0 Å². The summed E-state index contributed by atoms with van der Waals surface area (Å²) in [6.45, 7) is 11.9. The zero-order valence-corrected chi connectivity index (χ0v) is 14.0. The van der Waals surface area contributed by atoms with E-state index < -0.39 is 15.6 Å². The average Bonchev–Trinajstić information content (AvgIpc) is 2.53. The van der Waals surface area contributed by atoms with Gasteiger partial charge in [0.25, 0.3) is 10.0 Å². The van der Waals surface area contributed by atoms with E-state index in [1.165, 1.54) is 0 Å². The highest BCUT2D eigenvalue weighted by molar-refractivity contribution is 7.89. The molecule has 0 saturated carbocycles. The van der Waals surface area contributed by atoms with Crippen molar-refractivity contribution in [1.82, 2.24) is 14.9 Å². The first-order valence-electron chi connectivity index (χ1n) is 6.66. The highest BCUT2D eigenvalue weighted by atomic mass is 32.2. The standard InChI is InChI=1S/C13H26N4O2S/c1-9-10(7-14)11(16-15-9)20(18,19)17-13(5,6)8-12(2,3)4/h17H,7-8,14H2,1-6H3,(H,15,16). The Balaban J connectivity index is 3.06. The van der Waals surface area contributed by atoms with Gasteiger partial charge in [0.2, 0.25) is 0 Å². The highest BCUT2D eigenvalue weighted by Gasteiger charge is 2.33. The summed E-state index contributed by atoms with van der Waals surface area (Å²) in [6, 6.07) is 0. The van der Waals surface area contributed by atoms with E-state index in [1.807, 2.05) is 13.8 Å². The highest BCUT2D eigenvalue weighted by Crippen LogP contribution is 2.28. The van der Waals surface area contributed by atoms with Crippen molar-refractivity contribution in [2.45, 2.75) is 65.1 Å². The van der Waals surface area contributed by atoms with Gasteiger partial charge in [-0.1, -0.05) is 20.8 Å². The van der Waals surface area contributed by atoms with Crippen LogP contribution < -0.4 is 10.5 Å². The molecule has 20 heavy (non-hydrogen) atoms. The molecule has 0 aliphatic rings. The van der Waals surface area contributed by atoms with E-state index in [0.29, 0.717) is 17.7 Å². The molecule has 0 spiro atoms. The van der Waals surface area contributed by atoms with Crippen LogP contribution >= 0.6 is 0 Å². The quantitative estimate of drug-likeness (QED) is 0.770. The molecule has 1 heterocycles. The Morgan fingerprint density at radius 1 is 1.25 bits per heavy atom. The SMILES string of the molecule is Cc1[nH]nc(S(=O)(=O)NC(C)(C)CC(C)(C)C)c1CN. The van der Waals surface area contributed by atoms with Crippen LogP contribution in [-0.4, -0.2) is 24.2 Å². The number of nitrogens with zero attached hydrogens (tertiary/aromatic N) is 1. The molecule has 1 aromatic rings. The molecule has 0 aliphatic carbocycles. The normalized spacial score (nSPS) is 13.8. The first-order valence-corrected chi connectivity index (χ1v) is 8.14. The number of aromatic nitrogens is 2. The second kappa shape index (κ2) is 5.46. The molecule has 0 aliphatic heterocycles. The Hall–Kier alpha value is -0.920. The van der Waals surface area contributed by atoms with Crippen molar-refractivity contribution in [2.75, 3.05) is 0 Å². The summed E-state index contributed by atoms with van der Waals surface area (Å²) >= 11 is 0. The lowest BCUT2D eigenvalue weighted by atomic mass is 9.82. The van der Waals surface area contributed by atoms with Gasteiger partial charge in [0.15, 0.2) is 5.03 Å². The van der Waals surface area contributed by atoms with Crippen molar-refractivity contribution in [3.63, 3.8) is 0 Å². The summed E-state index contributed by atoms with van der Waals surface area (Å²) in [5, 5.41) is 6.56. The number of aromatic amines is 1. The van der Waals surface area contributed by atoms with Crippen molar-refractivity contribution in [1.29, 1.82) is 0 Å². The van der Waals surface area contributed by atoms with Gasteiger partial charge in [-0.3, -0.25) is 5.10 Å². The second-order valence-electron chi connectivity index (χ2n) is 7.06. The molecule has 116 valence electrons. The van der Waals surface area contributed by atoms with Crippen LogP contribution in [0.3, 0.4) is 0 Å². The van der Waals surface area contributed by atoms with Crippen LogP contribution in [0.1, 0.15) is 52.3 Å². The molecule has 0 aromatic carbocycles. The number of nitrogens with one attached hydrogen (secondary N) is 2. The predicted octanol–water partition coefficient (Wildman–Crippen LogP) is 1.67. The Kier molecular flexibility index (Phi) is 4.68. The van der Waals surface area contributed by atoms with E-state index >= 15 is 0 Å². The number of rotatable bonds is 5. The van der Waals surface area contributed by atoms with Gasteiger partial charge in [-0.15, -0.1) is 0 Å². The minimum absolute atomic E-state index is 0.000478. The monoisotopic (exact) mass is 302 g/mol. The molecule has 7 heteroatoms. The maximum absolute atomic E-state index is 12.5. The molecule has 0 saturated heterocycles. The Bertz CT molecular complexity index is 568. The van der Waals surface area contributed by atoms with Crippen LogP contribution in [-0.2, 0) is 16.6 Å². The van der Waals surface area contributed by atoms with E-state index in [4.69, 9.17) is 5.73 Å². The van der Waals surface area contributed by atoms with Crippen LogP contribution in [0.2, 0.25) is 0 Å². The number of hydrogen-bond donors (Lipinski definition) is 3. The van der Waals surface area contributed by atoms with Crippen molar-refractivity contribution < 1.29 is 8.42 Å². The molecule has 1 rings (SSSR count). The van der Waals surface area contributed by atoms with Gasteiger partial charge in [0.1, 0.15) is 0 Å². The van der Waals surface area contributed by atoms with Crippen LogP contribution in [0, 0.1) is 12.3 Å². The van der Waals surface area contributed by atoms with Crippen molar-refractivity contribution >= 4 is 10.0 Å². The maximum atomic E-state index is 12.5. The minimum Gasteiger partial charge on any atom is -0.326 e. The molecule has 0 atom stereocenters. The summed E-state index contributed by atoms with van der Waals surface area (Å²) in [7, 11) is -3.68. The van der Waals surface area contributed by atoms with Crippen molar-refractivity contribution in [3.05, 3.63) is 11.3 Å². The second-order valence-corrected chi connectivity index (χ2v) is 8.66. The first kappa shape index (κ1) is 17.1. The topological polar surface area (TPSA) is 101 Å². The average molecular weight is 302 g/mol. The van der Waals surface area contributed by atoms with Gasteiger partial charge in [0, 0.05) is 23.3 Å². The predicted molar refractivity (Wildman–Crippen MR) is 79.7 cm³/mol. The molecule has 0 radical (unpaired) electrons. The van der Waals surface area contributed by atoms with Gasteiger partial charge < -0.3 is 5.73 Å². The fourth-order valence-electron chi connectivity index (χ4n) is 2.67. The van der Waals surface area contributed by atoms with Crippen molar-refractivity contribution in [2.24, 2.45) is 11.1 Å². The van der Waals surface area contributed by atoms with E-state index in [0.717, 1.165) is 0 Å². The summed E-state index contributed by atoms with van der Waals surface area (Å²) in [5.74, 6) is 0. The number of H-pyrrole nitrogens is 1. The summed E-state index contributed by atoms with van der Waals surface area (Å²) in [5.41, 5.74) is 6.28. The Morgan fingerprint density at radius 2 is 1.80 bits per heavy atom. The molecule has 0 fully saturated rings.